The van der Waals surface area contributed by atoms with Crippen molar-refractivity contribution in [1.82, 2.24) is 15.2 Å². The largest absolute Gasteiger partial charge is 0.234 e. The van der Waals surface area contributed by atoms with Gasteiger partial charge in [0.25, 0.3) is 0 Å². The van der Waals surface area contributed by atoms with Gasteiger partial charge in [0.15, 0.2) is 0 Å². The molecule has 0 atom stereocenters. The van der Waals surface area contributed by atoms with Crippen molar-refractivity contribution in [1.29, 1.82) is 0 Å². The summed E-state index contributed by atoms with van der Waals surface area (Å²) in [4.78, 5) is 4.20. The molecule has 10 heavy (non-hydrogen) atoms. The van der Waals surface area contributed by atoms with Crippen molar-refractivity contribution >= 4 is 0 Å². The van der Waals surface area contributed by atoms with E-state index in [1.807, 2.05) is 6.92 Å². The summed E-state index contributed by atoms with van der Waals surface area (Å²) >= 11 is 0. The van der Waals surface area contributed by atoms with E-state index in [4.69, 9.17) is 0 Å². The van der Waals surface area contributed by atoms with Crippen LogP contribution in [0.15, 0.2) is 6.20 Å². The van der Waals surface area contributed by atoms with Gasteiger partial charge in [0, 0.05) is 0 Å². The zero-order chi connectivity index (χ0) is 7.56. The van der Waals surface area contributed by atoms with Crippen LogP contribution in [0.5, 0.6) is 0 Å². The van der Waals surface area contributed by atoms with Gasteiger partial charge < -0.3 is 0 Å². The summed E-state index contributed by atoms with van der Waals surface area (Å²) < 4.78 is 0. The molecular weight excluding hydrogens is 126 g/mol. The second-order valence-electron chi connectivity index (χ2n) is 2.58. The smallest absolute Gasteiger partial charge is 0.148 e. The highest BCUT2D eigenvalue weighted by atomic mass is 15.1. The van der Waals surface area contributed by atoms with Gasteiger partial charge in [-0.15, -0.1) is 5.10 Å². The van der Waals surface area contributed by atoms with Crippen molar-refractivity contribution in [2.45, 2.75) is 26.7 Å². The molecule has 0 N–H and O–H groups in total. The highest BCUT2D eigenvalue weighted by molar-refractivity contribution is 5.00. The lowest BCUT2D eigenvalue weighted by molar-refractivity contribution is 0.766. The second kappa shape index (κ2) is 2.73. The van der Waals surface area contributed by atoms with E-state index in [0.717, 1.165) is 11.5 Å². The molecular formula is C7H11N3. The first-order valence-electron chi connectivity index (χ1n) is 3.36. The monoisotopic (exact) mass is 137 g/mol. The minimum absolute atomic E-state index is 0.439. The van der Waals surface area contributed by atoms with E-state index in [2.05, 4.69) is 29.0 Å². The number of hydrogen-bond donors (Lipinski definition) is 0. The Labute approximate surface area is 60.5 Å². The Kier molecular flexibility index (Phi) is 1.94. The van der Waals surface area contributed by atoms with Crippen LogP contribution in [-0.4, -0.2) is 15.2 Å². The molecule has 0 aliphatic rings. The van der Waals surface area contributed by atoms with E-state index in [-0.39, 0.29) is 0 Å². The number of nitrogens with zero attached hydrogens (tertiary/aromatic N) is 3. The maximum Gasteiger partial charge on any atom is 0.148 e. The maximum atomic E-state index is 4.20. The summed E-state index contributed by atoms with van der Waals surface area (Å²) in [5, 5.41) is 7.55. The zero-order valence-electron chi connectivity index (χ0n) is 6.50. The van der Waals surface area contributed by atoms with Gasteiger partial charge in [0.05, 0.1) is 11.9 Å². The maximum absolute atomic E-state index is 4.20. The molecule has 1 aromatic heterocycles. The molecule has 0 aliphatic heterocycles. The van der Waals surface area contributed by atoms with Crippen molar-refractivity contribution in [2.24, 2.45) is 0 Å². The minimum atomic E-state index is 0.439. The predicted octanol–water partition coefficient (Wildman–Crippen LogP) is 1.30. The van der Waals surface area contributed by atoms with Gasteiger partial charge in [0.1, 0.15) is 5.82 Å². The third-order valence-corrected chi connectivity index (χ3v) is 1.27. The Balaban J connectivity index is 2.96. The van der Waals surface area contributed by atoms with Gasteiger partial charge in [-0.25, -0.2) is 4.98 Å². The Morgan fingerprint density at radius 2 is 2.10 bits per heavy atom. The Morgan fingerprint density at radius 3 is 2.50 bits per heavy atom. The molecule has 0 aromatic carbocycles. The first-order valence-corrected chi connectivity index (χ1v) is 3.36. The number of rotatable bonds is 1. The highest BCUT2D eigenvalue weighted by Crippen LogP contribution is 2.07. The van der Waals surface area contributed by atoms with Crippen molar-refractivity contribution < 1.29 is 0 Å². The van der Waals surface area contributed by atoms with Crippen LogP contribution < -0.4 is 0 Å². The molecule has 1 rings (SSSR count). The third kappa shape index (κ3) is 1.50. The molecule has 0 saturated carbocycles. The van der Waals surface area contributed by atoms with E-state index >= 15 is 0 Å². The highest BCUT2D eigenvalue weighted by Gasteiger charge is 2.00. The summed E-state index contributed by atoms with van der Waals surface area (Å²) in [7, 11) is 0. The van der Waals surface area contributed by atoms with Crippen LogP contribution in [-0.2, 0) is 0 Å². The summed E-state index contributed by atoms with van der Waals surface area (Å²) in [6.07, 6.45) is 1.71. The molecule has 0 bridgehead atoms. The predicted molar refractivity (Wildman–Crippen MR) is 38.7 cm³/mol. The van der Waals surface area contributed by atoms with Crippen molar-refractivity contribution in [3.63, 3.8) is 0 Å². The Morgan fingerprint density at radius 1 is 1.40 bits per heavy atom. The number of hydrogen-bond acceptors (Lipinski definition) is 3. The van der Waals surface area contributed by atoms with Gasteiger partial charge in [0.2, 0.25) is 0 Å². The number of aromatic nitrogens is 3. The van der Waals surface area contributed by atoms with Gasteiger partial charge in [-0.1, -0.05) is 13.8 Å². The van der Waals surface area contributed by atoms with Crippen molar-refractivity contribution in [2.75, 3.05) is 0 Å². The fraction of sp³-hybridized carbons (Fsp3) is 0.571. The van der Waals surface area contributed by atoms with Gasteiger partial charge in [-0.05, 0) is 12.8 Å². The average molecular weight is 137 g/mol. The molecule has 54 valence electrons. The molecule has 3 heteroatoms. The third-order valence-electron chi connectivity index (χ3n) is 1.27. The summed E-state index contributed by atoms with van der Waals surface area (Å²) in [5.41, 5.74) is 1.01. The van der Waals surface area contributed by atoms with E-state index < -0.39 is 0 Å². The molecule has 0 spiro atoms. The van der Waals surface area contributed by atoms with Crippen LogP contribution in [0.1, 0.15) is 31.3 Å². The molecule has 0 radical (unpaired) electrons. The van der Waals surface area contributed by atoms with Gasteiger partial charge >= 0.3 is 0 Å². The van der Waals surface area contributed by atoms with E-state index in [1.165, 1.54) is 0 Å². The van der Waals surface area contributed by atoms with E-state index in [9.17, 15) is 0 Å². The lowest BCUT2D eigenvalue weighted by Gasteiger charge is -2.01. The van der Waals surface area contributed by atoms with Crippen LogP contribution in [0.25, 0.3) is 0 Å². The molecule has 1 aromatic rings. The standard InChI is InChI=1S/C7H11N3/c1-5(2)7-4-8-10-6(3)9-7/h4-5H,1-3H3. The van der Waals surface area contributed by atoms with Crippen molar-refractivity contribution in [3.8, 4) is 0 Å². The van der Waals surface area contributed by atoms with E-state index in [1.54, 1.807) is 6.20 Å². The first kappa shape index (κ1) is 7.12. The number of aryl methyl sites for hydroxylation is 1. The average Bonchev–Trinajstić information content (AvgIpc) is 1.88. The van der Waals surface area contributed by atoms with Crippen LogP contribution >= 0.6 is 0 Å². The fourth-order valence-corrected chi connectivity index (χ4v) is 0.688. The molecule has 0 saturated heterocycles. The van der Waals surface area contributed by atoms with Gasteiger partial charge in [-0.2, -0.15) is 5.10 Å². The van der Waals surface area contributed by atoms with Crippen LogP contribution in [0, 0.1) is 6.92 Å². The normalized spacial score (nSPS) is 10.4. The summed E-state index contributed by atoms with van der Waals surface area (Å²) in [5.74, 6) is 1.18. The van der Waals surface area contributed by atoms with Gasteiger partial charge in [-0.3, -0.25) is 0 Å². The van der Waals surface area contributed by atoms with Crippen LogP contribution in [0.3, 0.4) is 0 Å². The lowest BCUT2D eigenvalue weighted by Crippen LogP contribution is -1.98. The summed E-state index contributed by atoms with van der Waals surface area (Å²) in [6.45, 7) is 6.02. The SMILES string of the molecule is Cc1nncc(C(C)C)n1. The Bertz CT molecular complexity index is 220. The molecule has 0 aliphatic carbocycles. The molecule has 1 heterocycles. The fourth-order valence-electron chi connectivity index (χ4n) is 0.688. The molecule has 3 nitrogen and oxygen atoms in total. The topological polar surface area (TPSA) is 38.7 Å². The second-order valence-corrected chi connectivity index (χ2v) is 2.58. The Hall–Kier alpha value is -0.990. The van der Waals surface area contributed by atoms with E-state index in [0.29, 0.717) is 5.92 Å². The molecule has 0 unspecified atom stereocenters. The van der Waals surface area contributed by atoms with Crippen LogP contribution in [0.4, 0.5) is 0 Å². The quantitative estimate of drug-likeness (QED) is 0.585. The first-order chi connectivity index (χ1) is 4.70. The minimum Gasteiger partial charge on any atom is -0.234 e. The van der Waals surface area contributed by atoms with Crippen molar-refractivity contribution in [3.05, 3.63) is 17.7 Å². The zero-order valence-corrected chi connectivity index (χ0v) is 6.50. The summed E-state index contributed by atoms with van der Waals surface area (Å²) in [6, 6.07) is 0. The lowest BCUT2D eigenvalue weighted by atomic mass is 10.1. The molecule has 0 fully saturated rings. The van der Waals surface area contributed by atoms with Crippen LogP contribution in [0.2, 0.25) is 0 Å². The molecule has 0 amide bonds.